The molecule has 1 aliphatic heterocycles. The summed E-state index contributed by atoms with van der Waals surface area (Å²) in [5.41, 5.74) is 0.397. The molecule has 2 aromatic carbocycles. The van der Waals surface area contributed by atoms with Crippen LogP contribution < -0.4 is 9.47 Å². The van der Waals surface area contributed by atoms with E-state index in [9.17, 15) is 20.2 Å². The third-order valence-corrected chi connectivity index (χ3v) is 3.27. The second kappa shape index (κ2) is 5.76. The van der Waals surface area contributed by atoms with Crippen molar-refractivity contribution in [2.45, 2.75) is 0 Å². The van der Waals surface area contributed by atoms with Crippen LogP contribution in [0.1, 0.15) is 11.1 Å². The van der Waals surface area contributed by atoms with E-state index in [-0.39, 0.29) is 23.7 Å². The monoisotopic (exact) mass is 314 g/mol. The summed E-state index contributed by atoms with van der Waals surface area (Å²) in [6.07, 6.45) is 3.19. The summed E-state index contributed by atoms with van der Waals surface area (Å²) in [5.74, 6) is 1.24. The largest absolute Gasteiger partial charge is 0.454 e. The van der Waals surface area contributed by atoms with E-state index in [4.69, 9.17) is 9.47 Å². The van der Waals surface area contributed by atoms with Gasteiger partial charge in [-0.15, -0.1) is 0 Å². The minimum Gasteiger partial charge on any atom is -0.454 e. The molecular formula is C15H10N2O6. The van der Waals surface area contributed by atoms with Gasteiger partial charge in [-0.2, -0.15) is 0 Å². The summed E-state index contributed by atoms with van der Waals surface area (Å²) >= 11 is 0. The molecule has 3 rings (SSSR count). The van der Waals surface area contributed by atoms with Crippen molar-refractivity contribution in [2.75, 3.05) is 6.79 Å². The first kappa shape index (κ1) is 14.5. The number of hydrogen-bond donors (Lipinski definition) is 0. The van der Waals surface area contributed by atoms with E-state index in [0.717, 1.165) is 11.6 Å². The Labute approximate surface area is 129 Å². The van der Waals surface area contributed by atoms with Crippen LogP contribution in [0.4, 0.5) is 11.4 Å². The predicted molar refractivity (Wildman–Crippen MR) is 81.2 cm³/mol. The van der Waals surface area contributed by atoms with Crippen LogP contribution in [0.3, 0.4) is 0 Å². The van der Waals surface area contributed by atoms with Gasteiger partial charge in [-0.3, -0.25) is 20.2 Å². The van der Waals surface area contributed by atoms with E-state index in [1.54, 1.807) is 24.3 Å². The molecule has 0 atom stereocenters. The molecule has 1 aliphatic rings. The maximum absolute atomic E-state index is 11.1. The van der Waals surface area contributed by atoms with Gasteiger partial charge in [0.15, 0.2) is 11.5 Å². The lowest BCUT2D eigenvalue weighted by molar-refractivity contribution is -0.394. The summed E-state index contributed by atoms with van der Waals surface area (Å²) in [6.45, 7) is 0.163. The molecule has 0 fully saturated rings. The Balaban J connectivity index is 1.92. The van der Waals surface area contributed by atoms with Gasteiger partial charge in [-0.1, -0.05) is 12.1 Å². The quantitative estimate of drug-likeness (QED) is 0.486. The molecule has 2 aromatic rings. The lowest BCUT2D eigenvalue weighted by atomic mass is 10.1. The summed E-state index contributed by atoms with van der Waals surface area (Å²) in [4.78, 5) is 20.5. The molecule has 0 aromatic heterocycles. The minimum atomic E-state index is -0.668. The number of nitro groups is 2. The average Bonchev–Trinajstić information content (AvgIpc) is 3.00. The number of non-ortho nitro benzene ring substituents is 1. The van der Waals surface area contributed by atoms with Crippen molar-refractivity contribution in [2.24, 2.45) is 0 Å². The zero-order valence-corrected chi connectivity index (χ0v) is 11.7. The zero-order chi connectivity index (χ0) is 16.4. The van der Waals surface area contributed by atoms with Gasteiger partial charge in [0.05, 0.1) is 21.5 Å². The molecule has 8 heteroatoms. The molecule has 23 heavy (non-hydrogen) atoms. The van der Waals surface area contributed by atoms with E-state index < -0.39 is 9.85 Å². The van der Waals surface area contributed by atoms with Crippen molar-refractivity contribution in [3.05, 3.63) is 67.8 Å². The zero-order valence-electron chi connectivity index (χ0n) is 11.7. The van der Waals surface area contributed by atoms with E-state index in [0.29, 0.717) is 11.5 Å². The summed E-state index contributed by atoms with van der Waals surface area (Å²) in [5, 5.41) is 21.8. The maximum atomic E-state index is 11.1. The highest BCUT2D eigenvalue weighted by Crippen LogP contribution is 2.33. The first-order valence-corrected chi connectivity index (χ1v) is 6.55. The van der Waals surface area contributed by atoms with E-state index >= 15 is 0 Å². The second-order valence-electron chi connectivity index (χ2n) is 4.70. The number of benzene rings is 2. The van der Waals surface area contributed by atoms with Crippen LogP contribution in [0.25, 0.3) is 12.2 Å². The molecule has 0 N–H and O–H groups in total. The van der Waals surface area contributed by atoms with Crippen LogP contribution in [-0.2, 0) is 0 Å². The Bertz CT molecular complexity index is 831. The van der Waals surface area contributed by atoms with E-state index in [1.165, 1.54) is 18.2 Å². The SMILES string of the molecule is O=[N+]([O-])c1ccc(C=Cc2ccc3c(c2)OCO3)c([N+](=O)[O-])c1. The summed E-state index contributed by atoms with van der Waals surface area (Å²) in [6, 6.07) is 8.79. The lowest BCUT2D eigenvalue weighted by Gasteiger charge is -1.99. The second-order valence-corrected chi connectivity index (χ2v) is 4.70. The molecule has 0 bridgehead atoms. The van der Waals surface area contributed by atoms with Crippen molar-refractivity contribution in [1.29, 1.82) is 0 Å². The maximum Gasteiger partial charge on any atom is 0.283 e. The van der Waals surface area contributed by atoms with Crippen molar-refractivity contribution < 1.29 is 19.3 Å². The average molecular weight is 314 g/mol. The smallest absolute Gasteiger partial charge is 0.283 e. The Kier molecular flexibility index (Phi) is 3.63. The van der Waals surface area contributed by atoms with Gasteiger partial charge in [0.25, 0.3) is 11.4 Å². The fourth-order valence-corrected chi connectivity index (χ4v) is 2.15. The minimum absolute atomic E-state index is 0.163. The normalized spacial score (nSPS) is 12.5. The number of fused-ring (bicyclic) bond motifs is 1. The molecule has 8 nitrogen and oxygen atoms in total. The molecule has 116 valence electrons. The van der Waals surface area contributed by atoms with Crippen LogP contribution in [0.5, 0.6) is 11.5 Å². The number of nitro benzene ring substituents is 2. The third-order valence-electron chi connectivity index (χ3n) is 3.27. The van der Waals surface area contributed by atoms with Crippen LogP contribution in [0.15, 0.2) is 36.4 Å². The number of hydrogen-bond acceptors (Lipinski definition) is 6. The first-order chi connectivity index (χ1) is 11.0. The molecule has 0 amide bonds. The Morgan fingerprint density at radius 3 is 2.43 bits per heavy atom. The molecule has 0 saturated heterocycles. The fraction of sp³-hybridized carbons (Fsp3) is 0.0667. The van der Waals surface area contributed by atoms with Gasteiger partial charge in [-0.05, 0) is 29.8 Å². The molecular weight excluding hydrogens is 304 g/mol. The van der Waals surface area contributed by atoms with E-state index in [2.05, 4.69) is 0 Å². The lowest BCUT2D eigenvalue weighted by Crippen LogP contribution is -1.94. The van der Waals surface area contributed by atoms with Crippen LogP contribution >= 0.6 is 0 Å². The molecule has 0 spiro atoms. The highest BCUT2D eigenvalue weighted by atomic mass is 16.7. The van der Waals surface area contributed by atoms with Gasteiger partial charge in [0.1, 0.15) is 0 Å². The highest BCUT2D eigenvalue weighted by Gasteiger charge is 2.18. The van der Waals surface area contributed by atoms with Crippen molar-refractivity contribution >= 4 is 23.5 Å². The van der Waals surface area contributed by atoms with Gasteiger partial charge >= 0.3 is 0 Å². The van der Waals surface area contributed by atoms with Crippen molar-refractivity contribution in [3.8, 4) is 11.5 Å². The fourth-order valence-electron chi connectivity index (χ4n) is 2.15. The Morgan fingerprint density at radius 1 is 0.913 bits per heavy atom. The summed E-state index contributed by atoms with van der Waals surface area (Å²) < 4.78 is 10.5. The predicted octanol–water partition coefficient (Wildman–Crippen LogP) is 3.40. The molecule has 0 aliphatic carbocycles. The molecule has 0 radical (unpaired) electrons. The van der Waals surface area contributed by atoms with E-state index in [1.807, 2.05) is 0 Å². The Morgan fingerprint density at radius 2 is 1.70 bits per heavy atom. The summed E-state index contributed by atoms with van der Waals surface area (Å²) in [7, 11) is 0. The third kappa shape index (κ3) is 2.95. The van der Waals surface area contributed by atoms with Gasteiger partial charge in [-0.25, -0.2) is 0 Å². The van der Waals surface area contributed by atoms with Crippen LogP contribution in [-0.4, -0.2) is 16.6 Å². The van der Waals surface area contributed by atoms with Crippen molar-refractivity contribution in [3.63, 3.8) is 0 Å². The van der Waals surface area contributed by atoms with Gasteiger partial charge in [0.2, 0.25) is 6.79 Å². The van der Waals surface area contributed by atoms with Crippen LogP contribution in [0, 0.1) is 20.2 Å². The van der Waals surface area contributed by atoms with Gasteiger partial charge < -0.3 is 9.47 Å². The number of rotatable bonds is 4. The number of nitrogens with zero attached hydrogens (tertiary/aromatic N) is 2. The first-order valence-electron chi connectivity index (χ1n) is 6.55. The number of ether oxygens (including phenoxy) is 2. The van der Waals surface area contributed by atoms with Crippen LogP contribution in [0.2, 0.25) is 0 Å². The Hall–Kier alpha value is -3.42. The van der Waals surface area contributed by atoms with Crippen molar-refractivity contribution in [1.82, 2.24) is 0 Å². The highest BCUT2D eigenvalue weighted by molar-refractivity contribution is 5.76. The molecule has 1 heterocycles. The molecule has 0 unspecified atom stereocenters. The van der Waals surface area contributed by atoms with Gasteiger partial charge in [0, 0.05) is 6.07 Å². The molecule has 0 saturated carbocycles. The topological polar surface area (TPSA) is 105 Å². The standard InChI is InChI=1S/C15H10N2O6/c18-16(19)12-5-4-11(13(8-12)17(20)21)3-1-10-2-6-14-15(7-10)23-9-22-14/h1-8H,9H2.